The number of esters is 1. The first kappa shape index (κ1) is 16.8. The van der Waals surface area contributed by atoms with E-state index in [1.54, 1.807) is 18.2 Å². The second-order valence-corrected chi connectivity index (χ2v) is 4.58. The van der Waals surface area contributed by atoms with E-state index in [4.69, 9.17) is 14.2 Å². The third kappa shape index (κ3) is 5.35. The summed E-state index contributed by atoms with van der Waals surface area (Å²) in [5.74, 6) is 0.0403. The summed E-state index contributed by atoms with van der Waals surface area (Å²) in [6.07, 6.45) is 2.89. The third-order valence-corrected chi connectivity index (χ3v) is 2.70. The molecule has 0 saturated carbocycles. The number of hydrogen-bond acceptors (Lipinski definition) is 6. The fourth-order valence-electron chi connectivity index (χ4n) is 1.55. The van der Waals surface area contributed by atoms with Crippen molar-refractivity contribution in [3.05, 3.63) is 23.8 Å². The SMILES string of the molecule is COc1cc(C=CC(=O)OCCN(C)C)cc(OC)c1O. The van der Waals surface area contributed by atoms with Crippen LogP contribution in [-0.2, 0) is 9.53 Å². The third-order valence-electron chi connectivity index (χ3n) is 2.70. The Labute approximate surface area is 124 Å². The van der Waals surface area contributed by atoms with E-state index < -0.39 is 5.97 Å². The van der Waals surface area contributed by atoms with Gasteiger partial charge in [-0.25, -0.2) is 4.79 Å². The smallest absolute Gasteiger partial charge is 0.330 e. The monoisotopic (exact) mass is 295 g/mol. The number of carbonyl (C=O) groups excluding carboxylic acids is 1. The molecule has 0 atom stereocenters. The number of carbonyl (C=O) groups is 1. The summed E-state index contributed by atoms with van der Waals surface area (Å²) in [7, 11) is 6.69. The number of benzene rings is 1. The molecule has 0 amide bonds. The van der Waals surface area contributed by atoms with Crippen molar-refractivity contribution in [3.63, 3.8) is 0 Å². The summed E-state index contributed by atoms with van der Waals surface area (Å²) >= 11 is 0. The number of phenolic OH excluding ortho intramolecular Hbond substituents is 1. The predicted octanol–water partition coefficient (Wildman–Crippen LogP) is 1.53. The van der Waals surface area contributed by atoms with Crippen molar-refractivity contribution in [1.82, 2.24) is 4.90 Å². The Balaban J connectivity index is 2.73. The highest BCUT2D eigenvalue weighted by Crippen LogP contribution is 2.37. The minimum Gasteiger partial charge on any atom is -0.502 e. The molecule has 21 heavy (non-hydrogen) atoms. The lowest BCUT2D eigenvalue weighted by atomic mass is 10.1. The lowest BCUT2D eigenvalue weighted by Crippen LogP contribution is -2.19. The van der Waals surface area contributed by atoms with Gasteiger partial charge in [0.2, 0.25) is 5.75 Å². The van der Waals surface area contributed by atoms with E-state index in [-0.39, 0.29) is 17.2 Å². The van der Waals surface area contributed by atoms with Gasteiger partial charge in [-0.3, -0.25) is 0 Å². The molecule has 0 fully saturated rings. The Kier molecular flexibility index (Phi) is 6.55. The first-order valence-corrected chi connectivity index (χ1v) is 6.42. The Hall–Kier alpha value is -2.21. The molecule has 0 heterocycles. The lowest BCUT2D eigenvalue weighted by Gasteiger charge is -2.09. The Morgan fingerprint density at radius 3 is 2.29 bits per heavy atom. The van der Waals surface area contributed by atoms with Gasteiger partial charge in [-0.2, -0.15) is 0 Å². The topological polar surface area (TPSA) is 68.2 Å². The molecule has 0 saturated heterocycles. The van der Waals surface area contributed by atoms with E-state index in [9.17, 15) is 9.90 Å². The van der Waals surface area contributed by atoms with Gasteiger partial charge in [0.25, 0.3) is 0 Å². The highest BCUT2D eigenvalue weighted by Gasteiger charge is 2.10. The molecule has 0 aliphatic carbocycles. The van der Waals surface area contributed by atoms with Crippen molar-refractivity contribution < 1.29 is 24.1 Å². The average molecular weight is 295 g/mol. The summed E-state index contributed by atoms with van der Waals surface area (Å²) in [6, 6.07) is 3.20. The first-order chi connectivity index (χ1) is 9.97. The maximum absolute atomic E-state index is 11.5. The zero-order valence-electron chi connectivity index (χ0n) is 12.8. The van der Waals surface area contributed by atoms with E-state index in [2.05, 4.69) is 0 Å². The van der Waals surface area contributed by atoms with Crippen molar-refractivity contribution in [2.45, 2.75) is 0 Å². The van der Waals surface area contributed by atoms with Crippen LogP contribution in [-0.4, -0.2) is 57.4 Å². The number of nitrogens with zero attached hydrogens (tertiary/aromatic N) is 1. The van der Waals surface area contributed by atoms with Crippen LogP contribution in [0.1, 0.15) is 5.56 Å². The fraction of sp³-hybridized carbons (Fsp3) is 0.400. The van der Waals surface area contributed by atoms with Crippen LogP contribution < -0.4 is 9.47 Å². The summed E-state index contributed by atoms with van der Waals surface area (Å²) in [4.78, 5) is 13.5. The summed E-state index contributed by atoms with van der Waals surface area (Å²) < 4.78 is 15.1. The largest absolute Gasteiger partial charge is 0.502 e. The van der Waals surface area contributed by atoms with Crippen LogP contribution in [0.5, 0.6) is 17.2 Å². The van der Waals surface area contributed by atoms with Crippen molar-refractivity contribution in [2.75, 3.05) is 41.5 Å². The van der Waals surface area contributed by atoms with Crippen LogP contribution >= 0.6 is 0 Å². The maximum atomic E-state index is 11.5. The molecule has 116 valence electrons. The standard InChI is InChI=1S/C15H21NO5/c1-16(2)7-8-21-14(17)6-5-11-9-12(19-3)15(18)13(10-11)20-4/h5-6,9-10,18H,7-8H2,1-4H3. The summed E-state index contributed by atoms with van der Waals surface area (Å²) in [5.41, 5.74) is 0.658. The molecule has 1 N–H and O–H groups in total. The van der Waals surface area contributed by atoms with Gasteiger partial charge in [0.15, 0.2) is 11.5 Å². The van der Waals surface area contributed by atoms with Crippen molar-refractivity contribution in [3.8, 4) is 17.2 Å². The van der Waals surface area contributed by atoms with Crippen LogP contribution in [0.15, 0.2) is 18.2 Å². The molecule has 6 nitrogen and oxygen atoms in total. The Morgan fingerprint density at radius 1 is 1.24 bits per heavy atom. The molecule has 0 aromatic heterocycles. The van der Waals surface area contributed by atoms with E-state index in [0.29, 0.717) is 18.7 Å². The zero-order valence-corrected chi connectivity index (χ0v) is 12.8. The molecule has 0 aliphatic heterocycles. The molecular weight excluding hydrogens is 274 g/mol. The molecule has 0 spiro atoms. The molecular formula is C15H21NO5. The Bertz CT molecular complexity index is 486. The summed E-state index contributed by atoms with van der Waals surface area (Å²) in [6.45, 7) is 0.999. The molecule has 1 aromatic carbocycles. The number of likely N-dealkylation sites (N-methyl/N-ethyl adjacent to an activating group) is 1. The van der Waals surface area contributed by atoms with Crippen molar-refractivity contribution >= 4 is 12.0 Å². The van der Waals surface area contributed by atoms with Gasteiger partial charge in [-0.15, -0.1) is 0 Å². The van der Waals surface area contributed by atoms with Crippen LogP contribution in [0.4, 0.5) is 0 Å². The average Bonchev–Trinajstić information content (AvgIpc) is 2.45. The lowest BCUT2D eigenvalue weighted by molar-refractivity contribution is -0.137. The quantitative estimate of drug-likeness (QED) is 0.608. The van der Waals surface area contributed by atoms with Crippen LogP contribution in [0.25, 0.3) is 6.08 Å². The minimum atomic E-state index is -0.428. The second-order valence-electron chi connectivity index (χ2n) is 4.58. The highest BCUT2D eigenvalue weighted by molar-refractivity contribution is 5.87. The van der Waals surface area contributed by atoms with Gasteiger partial charge >= 0.3 is 5.97 Å². The predicted molar refractivity (Wildman–Crippen MR) is 79.8 cm³/mol. The van der Waals surface area contributed by atoms with Gasteiger partial charge in [-0.1, -0.05) is 0 Å². The number of ether oxygens (including phenoxy) is 3. The van der Waals surface area contributed by atoms with E-state index in [1.165, 1.54) is 20.3 Å². The van der Waals surface area contributed by atoms with E-state index in [1.807, 2.05) is 19.0 Å². The normalized spacial score (nSPS) is 10.9. The van der Waals surface area contributed by atoms with Gasteiger partial charge in [-0.05, 0) is 37.9 Å². The minimum absolute atomic E-state index is 0.0780. The van der Waals surface area contributed by atoms with Gasteiger partial charge in [0.05, 0.1) is 14.2 Å². The number of hydrogen-bond donors (Lipinski definition) is 1. The van der Waals surface area contributed by atoms with E-state index in [0.717, 1.165) is 0 Å². The number of methoxy groups -OCH3 is 2. The maximum Gasteiger partial charge on any atom is 0.330 e. The van der Waals surface area contributed by atoms with Gasteiger partial charge < -0.3 is 24.2 Å². The summed E-state index contributed by atoms with van der Waals surface area (Å²) in [5, 5.41) is 9.79. The fourth-order valence-corrected chi connectivity index (χ4v) is 1.55. The zero-order chi connectivity index (χ0) is 15.8. The second kappa shape index (κ2) is 8.16. The van der Waals surface area contributed by atoms with Gasteiger partial charge in [0, 0.05) is 12.6 Å². The molecule has 0 aliphatic rings. The van der Waals surface area contributed by atoms with Crippen LogP contribution in [0.3, 0.4) is 0 Å². The molecule has 0 radical (unpaired) electrons. The number of phenols is 1. The highest BCUT2D eigenvalue weighted by atomic mass is 16.5. The molecule has 1 rings (SSSR count). The van der Waals surface area contributed by atoms with Crippen LogP contribution in [0, 0.1) is 0 Å². The molecule has 0 bridgehead atoms. The molecule has 0 unspecified atom stereocenters. The van der Waals surface area contributed by atoms with Gasteiger partial charge in [0.1, 0.15) is 6.61 Å². The van der Waals surface area contributed by atoms with Crippen molar-refractivity contribution in [1.29, 1.82) is 0 Å². The first-order valence-electron chi connectivity index (χ1n) is 6.42. The molecule has 1 aromatic rings. The Morgan fingerprint density at radius 2 is 1.81 bits per heavy atom. The number of aromatic hydroxyl groups is 1. The van der Waals surface area contributed by atoms with E-state index >= 15 is 0 Å². The molecule has 6 heteroatoms. The van der Waals surface area contributed by atoms with Crippen molar-refractivity contribution in [2.24, 2.45) is 0 Å². The number of rotatable bonds is 7. The van der Waals surface area contributed by atoms with Crippen LogP contribution in [0.2, 0.25) is 0 Å².